The van der Waals surface area contributed by atoms with Crippen LogP contribution in [0.2, 0.25) is 0 Å². The SMILES string of the molecule is COC(=O)CC(NC(=O)CCN)c1ccccc1. The highest BCUT2D eigenvalue weighted by atomic mass is 16.5. The molecular weight excluding hydrogens is 232 g/mol. The number of hydrogen-bond acceptors (Lipinski definition) is 4. The first-order valence-electron chi connectivity index (χ1n) is 5.78. The van der Waals surface area contributed by atoms with Gasteiger partial charge in [-0.25, -0.2) is 0 Å². The van der Waals surface area contributed by atoms with Gasteiger partial charge in [-0.05, 0) is 5.56 Å². The lowest BCUT2D eigenvalue weighted by Crippen LogP contribution is -2.31. The molecule has 0 aromatic heterocycles. The number of benzene rings is 1. The summed E-state index contributed by atoms with van der Waals surface area (Å²) >= 11 is 0. The average Bonchev–Trinajstić information content (AvgIpc) is 2.39. The highest BCUT2D eigenvalue weighted by molar-refractivity contribution is 5.78. The maximum absolute atomic E-state index is 11.6. The predicted molar refractivity (Wildman–Crippen MR) is 67.6 cm³/mol. The third-order valence-electron chi connectivity index (χ3n) is 2.51. The minimum absolute atomic E-state index is 0.108. The summed E-state index contributed by atoms with van der Waals surface area (Å²) < 4.78 is 4.63. The zero-order valence-corrected chi connectivity index (χ0v) is 10.4. The Bertz CT molecular complexity index is 392. The summed E-state index contributed by atoms with van der Waals surface area (Å²) in [7, 11) is 1.33. The number of carbonyl (C=O) groups excluding carboxylic acids is 2. The molecule has 1 rings (SSSR count). The van der Waals surface area contributed by atoms with Gasteiger partial charge >= 0.3 is 5.97 Å². The third kappa shape index (κ3) is 4.55. The maximum Gasteiger partial charge on any atom is 0.307 e. The first kappa shape index (κ1) is 14.2. The third-order valence-corrected chi connectivity index (χ3v) is 2.51. The lowest BCUT2D eigenvalue weighted by molar-refractivity contribution is -0.141. The highest BCUT2D eigenvalue weighted by Crippen LogP contribution is 2.17. The van der Waals surface area contributed by atoms with Gasteiger partial charge in [0.2, 0.25) is 5.91 Å². The van der Waals surface area contributed by atoms with Crippen LogP contribution in [0.25, 0.3) is 0 Å². The lowest BCUT2D eigenvalue weighted by atomic mass is 10.0. The summed E-state index contributed by atoms with van der Waals surface area (Å²) in [5.74, 6) is -0.535. The van der Waals surface area contributed by atoms with Crippen molar-refractivity contribution in [1.82, 2.24) is 5.32 Å². The molecule has 1 amide bonds. The van der Waals surface area contributed by atoms with Gasteiger partial charge in [-0.15, -0.1) is 0 Å². The molecule has 1 unspecified atom stereocenters. The van der Waals surface area contributed by atoms with E-state index in [9.17, 15) is 9.59 Å². The summed E-state index contributed by atoms with van der Waals surface area (Å²) in [4.78, 5) is 22.9. The fourth-order valence-electron chi connectivity index (χ4n) is 1.59. The van der Waals surface area contributed by atoms with Crippen LogP contribution < -0.4 is 11.1 Å². The van der Waals surface area contributed by atoms with Crippen LogP contribution >= 0.6 is 0 Å². The molecule has 0 spiro atoms. The van der Waals surface area contributed by atoms with Gasteiger partial charge in [-0.1, -0.05) is 30.3 Å². The van der Waals surface area contributed by atoms with Gasteiger partial charge in [-0.3, -0.25) is 9.59 Å². The number of methoxy groups -OCH3 is 1. The Kier molecular flexibility index (Phi) is 5.87. The second-order valence-corrected chi connectivity index (χ2v) is 3.85. The molecule has 0 saturated heterocycles. The van der Waals surface area contributed by atoms with E-state index in [-0.39, 0.29) is 37.3 Å². The minimum Gasteiger partial charge on any atom is -0.469 e. The van der Waals surface area contributed by atoms with Crippen molar-refractivity contribution in [3.05, 3.63) is 35.9 Å². The molecule has 98 valence electrons. The van der Waals surface area contributed by atoms with Gasteiger partial charge in [0.1, 0.15) is 0 Å². The van der Waals surface area contributed by atoms with E-state index < -0.39 is 0 Å². The van der Waals surface area contributed by atoms with E-state index in [1.54, 1.807) is 0 Å². The molecule has 0 bridgehead atoms. The Balaban J connectivity index is 2.75. The van der Waals surface area contributed by atoms with Crippen LogP contribution in [-0.2, 0) is 14.3 Å². The molecule has 0 fully saturated rings. The van der Waals surface area contributed by atoms with Crippen molar-refractivity contribution in [3.63, 3.8) is 0 Å². The van der Waals surface area contributed by atoms with Gasteiger partial charge < -0.3 is 15.8 Å². The Labute approximate surface area is 106 Å². The predicted octanol–water partition coefficient (Wildman–Crippen LogP) is 0.756. The number of nitrogens with one attached hydrogen (secondary N) is 1. The smallest absolute Gasteiger partial charge is 0.307 e. The van der Waals surface area contributed by atoms with Crippen LogP contribution in [0.1, 0.15) is 24.4 Å². The molecule has 1 aromatic rings. The van der Waals surface area contributed by atoms with Gasteiger partial charge in [0, 0.05) is 13.0 Å². The van der Waals surface area contributed by atoms with E-state index in [1.165, 1.54) is 7.11 Å². The molecule has 0 aliphatic heterocycles. The molecular formula is C13H18N2O3. The van der Waals surface area contributed by atoms with Gasteiger partial charge in [0.05, 0.1) is 19.6 Å². The molecule has 1 aromatic carbocycles. The Morgan fingerprint density at radius 2 is 2.00 bits per heavy atom. The molecule has 18 heavy (non-hydrogen) atoms. The van der Waals surface area contributed by atoms with E-state index >= 15 is 0 Å². The molecule has 0 aliphatic rings. The quantitative estimate of drug-likeness (QED) is 0.730. The Morgan fingerprint density at radius 1 is 1.33 bits per heavy atom. The fourth-order valence-corrected chi connectivity index (χ4v) is 1.59. The van der Waals surface area contributed by atoms with Crippen LogP contribution in [-0.4, -0.2) is 25.5 Å². The number of hydrogen-bond donors (Lipinski definition) is 2. The van der Waals surface area contributed by atoms with E-state index in [0.29, 0.717) is 0 Å². The number of rotatable bonds is 6. The molecule has 1 atom stereocenters. The lowest BCUT2D eigenvalue weighted by Gasteiger charge is -2.18. The summed E-state index contributed by atoms with van der Waals surface area (Å²) in [6, 6.07) is 8.92. The zero-order valence-electron chi connectivity index (χ0n) is 10.4. The number of amides is 1. The van der Waals surface area contributed by atoms with Crippen molar-refractivity contribution >= 4 is 11.9 Å². The van der Waals surface area contributed by atoms with Crippen molar-refractivity contribution in [2.75, 3.05) is 13.7 Å². The number of nitrogens with two attached hydrogens (primary N) is 1. The largest absolute Gasteiger partial charge is 0.469 e. The van der Waals surface area contributed by atoms with Crippen molar-refractivity contribution in [2.45, 2.75) is 18.9 Å². The second kappa shape index (κ2) is 7.45. The summed E-state index contributed by atoms with van der Waals surface area (Å²) in [6.07, 6.45) is 0.349. The van der Waals surface area contributed by atoms with E-state index in [0.717, 1.165) is 5.56 Å². The first-order chi connectivity index (χ1) is 8.67. The van der Waals surface area contributed by atoms with E-state index in [4.69, 9.17) is 5.73 Å². The van der Waals surface area contributed by atoms with Crippen molar-refractivity contribution in [1.29, 1.82) is 0 Å². The van der Waals surface area contributed by atoms with Crippen molar-refractivity contribution in [2.24, 2.45) is 5.73 Å². The molecule has 3 N–H and O–H groups in total. The zero-order chi connectivity index (χ0) is 13.4. The Morgan fingerprint density at radius 3 is 2.56 bits per heavy atom. The van der Waals surface area contributed by atoms with Gasteiger partial charge in [-0.2, -0.15) is 0 Å². The normalized spacial score (nSPS) is 11.7. The molecule has 0 saturated carbocycles. The molecule has 0 heterocycles. The topological polar surface area (TPSA) is 81.4 Å². The number of ether oxygens (including phenoxy) is 1. The van der Waals surface area contributed by atoms with Gasteiger partial charge in [0.25, 0.3) is 0 Å². The number of esters is 1. The first-order valence-corrected chi connectivity index (χ1v) is 5.78. The van der Waals surface area contributed by atoms with Gasteiger partial charge in [0.15, 0.2) is 0 Å². The summed E-state index contributed by atoms with van der Waals surface area (Å²) in [6.45, 7) is 0.283. The van der Waals surface area contributed by atoms with Crippen molar-refractivity contribution in [3.8, 4) is 0 Å². The van der Waals surface area contributed by atoms with E-state index in [1.807, 2.05) is 30.3 Å². The molecule has 0 aliphatic carbocycles. The summed E-state index contributed by atoms with van der Waals surface area (Å²) in [5, 5.41) is 2.78. The second-order valence-electron chi connectivity index (χ2n) is 3.85. The molecule has 5 heteroatoms. The highest BCUT2D eigenvalue weighted by Gasteiger charge is 2.18. The van der Waals surface area contributed by atoms with Crippen LogP contribution in [0.15, 0.2) is 30.3 Å². The average molecular weight is 250 g/mol. The number of carbonyl (C=O) groups is 2. The summed E-state index contributed by atoms with van der Waals surface area (Å²) in [5.41, 5.74) is 6.19. The van der Waals surface area contributed by atoms with Crippen LogP contribution in [0.5, 0.6) is 0 Å². The van der Waals surface area contributed by atoms with E-state index in [2.05, 4.69) is 10.1 Å². The molecule has 5 nitrogen and oxygen atoms in total. The van der Waals surface area contributed by atoms with Crippen LogP contribution in [0.4, 0.5) is 0 Å². The van der Waals surface area contributed by atoms with Crippen molar-refractivity contribution < 1.29 is 14.3 Å². The van der Waals surface area contributed by atoms with Crippen LogP contribution in [0, 0.1) is 0 Å². The monoisotopic (exact) mass is 250 g/mol. The fraction of sp³-hybridized carbons (Fsp3) is 0.385. The molecule has 0 radical (unpaired) electrons. The maximum atomic E-state index is 11.6. The van der Waals surface area contributed by atoms with Crippen LogP contribution in [0.3, 0.4) is 0 Å². The minimum atomic E-state index is -0.377. The standard InChI is InChI=1S/C13H18N2O3/c1-18-13(17)9-11(15-12(16)7-8-14)10-5-3-2-4-6-10/h2-6,11H,7-9,14H2,1H3,(H,15,16). The Hall–Kier alpha value is -1.88.